The molecule has 1 N–H and O–H groups in total. The number of rotatable bonds is 2. The Morgan fingerprint density at radius 3 is 2.56 bits per heavy atom. The number of aryl methyl sites for hydroxylation is 1. The van der Waals surface area contributed by atoms with Crippen molar-refractivity contribution in [3.8, 4) is 0 Å². The van der Waals surface area contributed by atoms with Crippen molar-refractivity contribution < 1.29 is 0 Å². The summed E-state index contributed by atoms with van der Waals surface area (Å²) in [7, 11) is 0. The number of halogens is 1. The highest BCUT2D eigenvalue weighted by molar-refractivity contribution is 9.10. The highest BCUT2D eigenvalue weighted by Crippen LogP contribution is 2.22. The van der Waals surface area contributed by atoms with E-state index in [4.69, 9.17) is 0 Å². The van der Waals surface area contributed by atoms with E-state index >= 15 is 0 Å². The molecule has 2 rings (SSSR count). The van der Waals surface area contributed by atoms with Crippen LogP contribution in [0.1, 0.15) is 44.1 Å². The van der Waals surface area contributed by atoms with Crippen molar-refractivity contribution in [3.05, 3.63) is 22.4 Å². The van der Waals surface area contributed by atoms with Crippen molar-refractivity contribution in [3.63, 3.8) is 0 Å². The number of nitrogens with zero attached hydrogens (tertiary/aromatic N) is 1. The lowest BCUT2D eigenvalue weighted by atomic mass is 10.1. The maximum atomic E-state index is 4.32. The Bertz CT molecular complexity index is 344. The Kier molecular flexibility index (Phi) is 4.22. The second-order valence-corrected chi connectivity index (χ2v) is 5.42. The lowest BCUT2D eigenvalue weighted by Gasteiger charge is -2.17. The molecule has 0 unspecified atom stereocenters. The van der Waals surface area contributed by atoms with E-state index in [1.54, 1.807) is 0 Å². The summed E-state index contributed by atoms with van der Waals surface area (Å²) in [5.74, 6) is 0. The Labute approximate surface area is 106 Å². The van der Waals surface area contributed by atoms with Gasteiger partial charge in [0, 0.05) is 6.04 Å². The topological polar surface area (TPSA) is 24.9 Å². The Morgan fingerprint density at radius 2 is 1.94 bits per heavy atom. The maximum Gasteiger partial charge on any atom is 0.109 e. The molecule has 0 aromatic carbocycles. The van der Waals surface area contributed by atoms with Gasteiger partial charge in [0.05, 0.1) is 11.9 Å². The minimum Gasteiger partial charge on any atom is -0.381 e. The van der Waals surface area contributed by atoms with E-state index in [0.717, 1.165) is 10.3 Å². The van der Waals surface area contributed by atoms with Crippen LogP contribution in [0, 0.1) is 6.92 Å². The van der Waals surface area contributed by atoms with Crippen LogP contribution in [0.4, 0.5) is 5.69 Å². The number of aromatic nitrogens is 1. The van der Waals surface area contributed by atoms with Crippen LogP contribution in [0.5, 0.6) is 0 Å². The van der Waals surface area contributed by atoms with Gasteiger partial charge in [0.25, 0.3) is 0 Å². The molecular weight excluding hydrogens is 264 g/mol. The molecule has 0 spiro atoms. The molecular formula is C13H19BrN2. The van der Waals surface area contributed by atoms with Crippen LogP contribution < -0.4 is 5.32 Å². The van der Waals surface area contributed by atoms with Crippen molar-refractivity contribution in [2.45, 2.75) is 51.5 Å². The highest BCUT2D eigenvalue weighted by Gasteiger charge is 2.12. The Hall–Kier alpha value is -0.570. The van der Waals surface area contributed by atoms with Crippen molar-refractivity contribution in [2.75, 3.05) is 5.32 Å². The third kappa shape index (κ3) is 3.21. The minimum atomic E-state index is 0.643. The Morgan fingerprint density at radius 1 is 1.25 bits per heavy atom. The van der Waals surface area contributed by atoms with Crippen LogP contribution in [-0.2, 0) is 0 Å². The van der Waals surface area contributed by atoms with Crippen LogP contribution in [0.2, 0.25) is 0 Å². The van der Waals surface area contributed by atoms with Gasteiger partial charge in [0.1, 0.15) is 4.60 Å². The summed E-state index contributed by atoms with van der Waals surface area (Å²) in [4.78, 5) is 4.32. The average Bonchev–Trinajstić information content (AvgIpc) is 2.52. The van der Waals surface area contributed by atoms with Crippen LogP contribution in [-0.4, -0.2) is 11.0 Å². The van der Waals surface area contributed by atoms with E-state index in [1.807, 2.05) is 6.20 Å². The fourth-order valence-corrected chi connectivity index (χ4v) is 2.51. The van der Waals surface area contributed by atoms with Crippen molar-refractivity contribution in [2.24, 2.45) is 0 Å². The van der Waals surface area contributed by atoms with Crippen LogP contribution in [0.15, 0.2) is 16.9 Å². The average molecular weight is 283 g/mol. The molecule has 3 heteroatoms. The summed E-state index contributed by atoms with van der Waals surface area (Å²) in [5.41, 5.74) is 2.35. The first-order valence-electron chi connectivity index (χ1n) is 6.14. The number of nitrogens with one attached hydrogen (secondary N) is 1. The summed E-state index contributed by atoms with van der Waals surface area (Å²) in [5, 5.41) is 3.61. The predicted molar refractivity (Wildman–Crippen MR) is 71.8 cm³/mol. The Balaban J connectivity index is 1.99. The van der Waals surface area contributed by atoms with Gasteiger partial charge in [0.15, 0.2) is 0 Å². The van der Waals surface area contributed by atoms with Gasteiger partial charge >= 0.3 is 0 Å². The zero-order valence-corrected chi connectivity index (χ0v) is 11.4. The van der Waals surface area contributed by atoms with Crippen molar-refractivity contribution in [1.29, 1.82) is 0 Å². The third-order valence-electron chi connectivity index (χ3n) is 3.24. The molecule has 0 atom stereocenters. The van der Waals surface area contributed by atoms with E-state index in [1.165, 1.54) is 44.1 Å². The minimum absolute atomic E-state index is 0.643. The van der Waals surface area contributed by atoms with E-state index in [0.29, 0.717) is 6.04 Å². The maximum absolute atomic E-state index is 4.32. The first kappa shape index (κ1) is 11.9. The second kappa shape index (κ2) is 5.67. The normalized spacial score (nSPS) is 18.1. The standard InChI is InChI=1S/C13H19BrN2/c1-10-8-12(9-15-13(10)14)16-11-6-4-2-3-5-7-11/h8-9,11,16H,2-7H2,1H3. The van der Waals surface area contributed by atoms with E-state index < -0.39 is 0 Å². The third-order valence-corrected chi connectivity index (χ3v) is 4.07. The number of pyridine rings is 1. The molecule has 1 fully saturated rings. The number of anilines is 1. The molecule has 16 heavy (non-hydrogen) atoms. The fourth-order valence-electron chi connectivity index (χ4n) is 2.30. The molecule has 1 aromatic heterocycles. The molecule has 1 saturated carbocycles. The lowest BCUT2D eigenvalue weighted by Crippen LogP contribution is -2.18. The smallest absolute Gasteiger partial charge is 0.109 e. The van der Waals surface area contributed by atoms with Crippen LogP contribution >= 0.6 is 15.9 Å². The van der Waals surface area contributed by atoms with Gasteiger partial charge in [-0.25, -0.2) is 4.98 Å². The molecule has 1 heterocycles. The molecule has 0 saturated heterocycles. The van der Waals surface area contributed by atoms with Gasteiger partial charge in [-0.05, 0) is 47.3 Å². The van der Waals surface area contributed by atoms with Crippen molar-refractivity contribution >= 4 is 21.6 Å². The molecule has 1 aliphatic carbocycles. The predicted octanol–water partition coefficient (Wildman–Crippen LogP) is 4.29. The summed E-state index contributed by atoms with van der Waals surface area (Å²) in [6.07, 6.45) is 10.0. The molecule has 0 amide bonds. The number of hydrogen-bond acceptors (Lipinski definition) is 2. The molecule has 88 valence electrons. The number of hydrogen-bond donors (Lipinski definition) is 1. The van der Waals surface area contributed by atoms with Crippen LogP contribution in [0.25, 0.3) is 0 Å². The first-order chi connectivity index (χ1) is 7.75. The highest BCUT2D eigenvalue weighted by atomic mass is 79.9. The van der Waals surface area contributed by atoms with Gasteiger partial charge in [-0.2, -0.15) is 0 Å². The summed E-state index contributed by atoms with van der Waals surface area (Å²) in [6, 6.07) is 2.81. The van der Waals surface area contributed by atoms with Gasteiger partial charge in [-0.1, -0.05) is 25.7 Å². The van der Waals surface area contributed by atoms with E-state index in [2.05, 4.69) is 39.2 Å². The molecule has 2 nitrogen and oxygen atoms in total. The van der Waals surface area contributed by atoms with Crippen molar-refractivity contribution in [1.82, 2.24) is 4.98 Å². The monoisotopic (exact) mass is 282 g/mol. The first-order valence-corrected chi connectivity index (χ1v) is 6.93. The van der Waals surface area contributed by atoms with E-state index in [9.17, 15) is 0 Å². The molecule has 1 aromatic rings. The fraction of sp³-hybridized carbons (Fsp3) is 0.615. The zero-order chi connectivity index (χ0) is 11.4. The quantitative estimate of drug-likeness (QED) is 0.647. The molecule has 0 aliphatic heterocycles. The van der Waals surface area contributed by atoms with E-state index in [-0.39, 0.29) is 0 Å². The SMILES string of the molecule is Cc1cc(NC2CCCCCC2)cnc1Br. The van der Waals surface area contributed by atoms with Gasteiger partial charge < -0.3 is 5.32 Å². The van der Waals surface area contributed by atoms with Gasteiger partial charge in [0.2, 0.25) is 0 Å². The molecule has 0 radical (unpaired) electrons. The van der Waals surface area contributed by atoms with Gasteiger partial charge in [-0.3, -0.25) is 0 Å². The largest absolute Gasteiger partial charge is 0.381 e. The second-order valence-electron chi connectivity index (χ2n) is 4.66. The molecule has 1 aliphatic rings. The van der Waals surface area contributed by atoms with Gasteiger partial charge in [-0.15, -0.1) is 0 Å². The molecule has 0 bridgehead atoms. The summed E-state index contributed by atoms with van der Waals surface area (Å²) in [6.45, 7) is 2.08. The van der Waals surface area contributed by atoms with Crippen LogP contribution in [0.3, 0.4) is 0 Å². The zero-order valence-electron chi connectivity index (χ0n) is 9.80. The summed E-state index contributed by atoms with van der Waals surface area (Å²) < 4.78 is 0.943. The summed E-state index contributed by atoms with van der Waals surface area (Å²) >= 11 is 3.43. The lowest BCUT2D eigenvalue weighted by molar-refractivity contribution is 0.619.